The Labute approximate surface area is 142 Å². The first-order valence-electron chi connectivity index (χ1n) is 8.14. The van der Waals surface area contributed by atoms with Crippen molar-refractivity contribution in [1.82, 2.24) is 24.6 Å². The van der Waals surface area contributed by atoms with Crippen LogP contribution in [0.25, 0.3) is 16.7 Å². The summed E-state index contributed by atoms with van der Waals surface area (Å²) < 4.78 is 17.0. The quantitative estimate of drug-likeness (QED) is 0.729. The third-order valence-electron chi connectivity index (χ3n) is 4.64. The van der Waals surface area contributed by atoms with E-state index in [1.165, 1.54) is 17.1 Å². The van der Waals surface area contributed by atoms with E-state index in [0.29, 0.717) is 17.6 Å². The van der Waals surface area contributed by atoms with E-state index in [2.05, 4.69) is 15.4 Å². The number of aliphatic hydroxyl groups is 1. The van der Waals surface area contributed by atoms with Crippen molar-refractivity contribution in [2.45, 2.75) is 24.7 Å². The van der Waals surface area contributed by atoms with Gasteiger partial charge in [-0.25, -0.2) is 14.1 Å². The summed E-state index contributed by atoms with van der Waals surface area (Å²) in [5.74, 6) is 0. The lowest BCUT2D eigenvalue weighted by molar-refractivity contribution is -0.0678. The molecule has 1 fully saturated rings. The van der Waals surface area contributed by atoms with E-state index in [9.17, 15) is 14.3 Å². The van der Waals surface area contributed by atoms with Crippen LogP contribution in [0.2, 0.25) is 0 Å². The Balaban J connectivity index is 1.73. The molecule has 0 amide bonds. The van der Waals surface area contributed by atoms with Gasteiger partial charge in [0.2, 0.25) is 0 Å². The Morgan fingerprint density at radius 2 is 2.16 bits per heavy atom. The molecule has 8 heteroatoms. The summed E-state index contributed by atoms with van der Waals surface area (Å²) in [5, 5.41) is 18.0. The number of hydrogen-bond acceptors (Lipinski definition) is 5. The van der Waals surface area contributed by atoms with Crippen LogP contribution < -0.4 is 10.9 Å². The molecule has 2 N–H and O–H groups in total. The number of rotatable bonds is 3. The van der Waals surface area contributed by atoms with Crippen molar-refractivity contribution in [3.63, 3.8) is 0 Å². The normalized spacial score (nSPS) is 23.8. The van der Waals surface area contributed by atoms with Crippen LogP contribution in [0.1, 0.15) is 6.42 Å². The fourth-order valence-electron chi connectivity index (χ4n) is 3.17. The Kier molecular flexibility index (Phi) is 3.85. The minimum absolute atomic E-state index is 0.0763. The van der Waals surface area contributed by atoms with Crippen molar-refractivity contribution in [2.75, 3.05) is 13.1 Å². The summed E-state index contributed by atoms with van der Waals surface area (Å²) in [6, 6.07) is 9.37. The summed E-state index contributed by atoms with van der Waals surface area (Å²) in [4.78, 5) is 17.0. The Hall–Kier alpha value is -2.58. The molecular weight excluding hydrogens is 325 g/mol. The summed E-state index contributed by atoms with van der Waals surface area (Å²) in [6.45, 7) is 0.453. The standard InChI is InChI=1S/C17H18FN5O2/c18-14-9-19-7-6-17(14,25)10-22-11-20-15-13(16(22)24)8-21-23(15)12-4-2-1-3-5-12/h1-5,8,11,14,19,25H,6-7,9-10H2. The molecule has 0 bridgehead atoms. The van der Waals surface area contributed by atoms with Crippen molar-refractivity contribution < 1.29 is 9.50 Å². The second-order valence-electron chi connectivity index (χ2n) is 6.33. The first-order chi connectivity index (χ1) is 12.1. The molecule has 4 rings (SSSR count). The number of nitrogens with one attached hydrogen (secondary N) is 1. The highest BCUT2D eigenvalue weighted by atomic mass is 19.1. The molecule has 1 aliphatic heterocycles. The highest BCUT2D eigenvalue weighted by molar-refractivity contribution is 5.74. The van der Waals surface area contributed by atoms with E-state index >= 15 is 0 Å². The van der Waals surface area contributed by atoms with Gasteiger partial charge in [-0.3, -0.25) is 9.36 Å². The molecule has 7 nitrogen and oxygen atoms in total. The average molecular weight is 343 g/mol. The molecule has 0 saturated carbocycles. The van der Waals surface area contributed by atoms with Gasteiger partial charge in [0.25, 0.3) is 5.56 Å². The number of hydrogen-bond donors (Lipinski definition) is 2. The molecule has 0 radical (unpaired) electrons. The highest BCUT2D eigenvalue weighted by Gasteiger charge is 2.40. The molecule has 3 heterocycles. The van der Waals surface area contributed by atoms with Crippen LogP contribution in [0.15, 0.2) is 47.7 Å². The number of alkyl halides is 1. The fraction of sp³-hybridized carbons (Fsp3) is 0.353. The van der Waals surface area contributed by atoms with Crippen molar-refractivity contribution in [3.8, 4) is 5.69 Å². The molecule has 1 saturated heterocycles. The first-order valence-corrected chi connectivity index (χ1v) is 8.14. The fourth-order valence-corrected chi connectivity index (χ4v) is 3.17. The predicted molar refractivity (Wildman–Crippen MR) is 90.5 cm³/mol. The number of fused-ring (bicyclic) bond motifs is 1. The zero-order valence-electron chi connectivity index (χ0n) is 13.5. The lowest BCUT2D eigenvalue weighted by Crippen LogP contribution is -2.55. The minimum Gasteiger partial charge on any atom is -0.385 e. The van der Waals surface area contributed by atoms with Gasteiger partial charge in [-0.2, -0.15) is 5.10 Å². The second kappa shape index (κ2) is 6.05. The van der Waals surface area contributed by atoms with Gasteiger partial charge in [-0.1, -0.05) is 18.2 Å². The van der Waals surface area contributed by atoms with Crippen LogP contribution in [-0.4, -0.2) is 49.3 Å². The zero-order valence-corrected chi connectivity index (χ0v) is 13.5. The maximum atomic E-state index is 14.1. The molecule has 25 heavy (non-hydrogen) atoms. The van der Waals surface area contributed by atoms with Crippen LogP contribution in [0.4, 0.5) is 4.39 Å². The van der Waals surface area contributed by atoms with Crippen LogP contribution >= 0.6 is 0 Å². The van der Waals surface area contributed by atoms with Crippen molar-refractivity contribution in [1.29, 1.82) is 0 Å². The van der Waals surface area contributed by atoms with Crippen LogP contribution in [0.5, 0.6) is 0 Å². The molecule has 2 atom stereocenters. The van der Waals surface area contributed by atoms with Gasteiger partial charge in [-0.15, -0.1) is 0 Å². The van der Waals surface area contributed by atoms with E-state index in [1.54, 1.807) is 4.68 Å². The molecule has 1 aromatic carbocycles. The average Bonchev–Trinajstić information content (AvgIpc) is 3.06. The Morgan fingerprint density at radius 3 is 2.92 bits per heavy atom. The first kappa shape index (κ1) is 15.9. The van der Waals surface area contributed by atoms with Crippen molar-refractivity contribution >= 4 is 11.0 Å². The van der Waals surface area contributed by atoms with Gasteiger partial charge < -0.3 is 10.4 Å². The lowest BCUT2D eigenvalue weighted by Gasteiger charge is -2.35. The number of benzene rings is 1. The smallest absolute Gasteiger partial charge is 0.264 e. The summed E-state index contributed by atoms with van der Waals surface area (Å²) >= 11 is 0. The number of aromatic nitrogens is 4. The minimum atomic E-state index is -1.57. The van der Waals surface area contributed by atoms with Gasteiger partial charge in [-0.05, 0) is 25.1 Å². The maximum absolute atomic E-state index is 14.1. The Morgan fingerprint density at radius 1 is 1.36 bits per heavy atom. The van der Waals surface area contributed by atoms with Crippen LogP contribution in [0, 0.1) is 0 Å². The molecule has 2 unspecified atom stereocenters. The van der Waals surface area contributed by atoms with E-state index < -0.39 is 11.8 Å². The van der Waals surface area contributed by atoms with E-state index in [4.69, 9.17) is 0 Å². The molecular formula is C17H18FN5O2. The number of nitrogens with zero attached hydrogens (tertiary/aromatic N) is 4. The second-order valence-corrected chi connectivity index (χ2v) is 6.33. The molecule has 0 spiro atoms. The zero-order chi connectivity index (χ0) is 17.4. The van der Waals surface area contributed by atoms with E-state index in [0.717, 1.165) is 5.69 Å². The Bertz CT molecular complexity index is 955. The maximum Gasteiger partial charge on any atom is 0.264 e. The lowest BCUT2D eigenvalue weighted by atomic mass is 9.90. The van der Waals surface area contributed by atoms with Gasteiger partial charge in [0.1, 0.15) is 23.5 Å². The van der Waals surface area contributed by atoms with E-state index in [-0.39, 0.29) is 25.1 Å². The van der Waals surface area contributed by atoms with Gasteiger partial charge in [0, 0.05) is 6.54 Å². The van der Waals surface area contributed by atoms with Crippen LogP contribution in [-0.2, 0) is 6.54 Å². The third kappa shape index (κ3) is 2.73. The van der Waals surface area contributed by atoms with Crippen LogP contribution in [0.3, 0.4) is 0 Å². The summed E-state index contributed by atoms with van der Waals surface area (Å²) in [7, 11) is 0. The summed E-state index contributed by atoms with van der Waals surface area (Å²) in [6.07, 6.45) is 1.60. The monoisotopic (exact) mass is 343 g/mol. The summed E-state index contributed by atoms with van der Waals surface area (Å²) in [5.41, 5.74) is -0.685. The predicted octanol–water partition coefficient (Wildman–Crippen LogP) is 0.645. The SMILES string of the molecule is O=c1c2cnn(-c3ccccc3)c2ncn1CC1(O)CCNCC1F. The molecule has 3 aromatic rings. The molecule has 2 aromatic heterocycles. The number of piperidine rings is 1. The van der Waals surface area contributed by atoms with Crippen molar-refractivity contribution in [2.24, 2.45) is 0 Å². The van der Waals surface area contributed by atoms with Crippen molar-refractivity contribution in [3.05, 3.63) is 53.2 Å². The third-order valence-corrected chi connectivity index (χ3v) is 4.64. The largest absolute Gasteiger partial charge is 0.385 e. The molecule has 130 valence electrons. The number of para-hydroxylation sites is 1. The van der Waals surface area contributed by atoms with Gasteiger partial charge in [0.15, 0.2) is 5.65 Å². The topological polar surface area (TPSA) is 85.0 Å². The molecule has 1 aliphatic rings. The van der Waals surface area contributed by atoms with Gasteiger partial charge in [0.05, 0.1) is 18.4 Å². The van der Waals surface area contributed by atoms with E-state index in [1.807, 2.05) is 30.3 Å². The van der Waals surface area contributed by atoms with Gasteiger partial charge >= 0.3 is 0 Å². The molecule has 0 aliphatic carbocycles. The number of halogens is 1. The highest BCUT2D eigenvalue weighted by Crippen LogP contribution is 2.23.